The average molecular weight is 1280 g/mol. The molecule has 28 heteroatoms. The number of likely N-dealkylation sites (tertiary alicyclic amines) is 2. The van der Waals surface area contributed by atoms with Crippen molar-refractivity contribution >= 4 is 81.8 Å². The van der Waals surface area contributed by atoms with Crippen LogP contribution < -0.4 is 60.2 Å². The third kappa shape index (κ3) is 22.3. The van der Waals surface area contributed by atoms with E-state index in [1.165, 1.54) is 23.8 Å². The molecular formula is C64H95N15O13. The first-order valence-electron chi connectivity index (χ1n) is 31.8. The number of fused-ring (bicyclic) bond motifs is 1. The Labute approximate surface area is 536 Å². The van der Waals surface area contributed by atoms with Crippen LogP contribution in [0.15, 0.2) is 77.8 Å². The molecule has 5 rings (SSSR count). The number of aliphatic hydroxyl groups excluding tert-OH is 1. The third-order valence-corrected chi connectivity index (χ3v) is 16.8. The lowest BCUT2D eigenvalue weighted by Crippen LogP contribution is -2.60. The molecule has 3 aromatic carbocycles. The predicted molar refractivity (Wildman–Crippen MR) is 344 cm³/mol. The molecule has 0 radical (unpaired) electrons. The van der Waals surface area contributed by atoms with E-state index in [1.807, 2.05) is 36.4 Å². The molecule has 3 aromatic rings. The highest BCUT2D eigenvalue weighted by Gasteiger charge is 2.44. The number of carbonyl (C=O) groups is 11. The Morgan fingerprint density at radius 3 is 1.79 bits per heavy atom. The number of benzene rings is 3. The lowest BCUT2D eigenvalue weighted by Gasteiger charge is -2.33. The zero-order chi connectivity index (χ0) is 67.4. The van der Waals surface area contributed by atoms with Gasteiger partial charge in [-0.3, -0.25) is 52.9 Å². The van der Waals surface area contributed by atoms with Crippen LogP contribution in [-0.2, 0) is 65.6 Å². The number of nitrogens with two attached hydrogens (primary N) is 4. The number of nitrogens with zero attached hydrogens (tertiary/aromatic N) is 4. The lowest BCUT2D eigenvalue weighted by molar-refractivity contribution is -0.148. The molecule has 2 aliphatic rings. The second-order valence-electron chi connectivity index (χ2n) is 23.6. The largest absolute Gasteiger partial charge is 0.480 e. The van der Waals surface area contributed by atoms with Gasteiger partial charge in [-0.05, 0) is 118 Å². The number of hydrogen-bond donors (Lipinski definition) is 13. The summed E-state index contributed by atoms with van der Waals surface area (Å²) < 4.78 is 0. The van der Waals surface area contributed by atoms with E-state index >= 15 is 0 Å². The van der Waals surface area contributed by atoms with E-state index in [1.54, 1.807) is 50.2 Å². The Bertz CT molecular complexity index is 3040. The quantitative estimate of drug-likeness (QED) is 0.0185. The fraction of sp³-hybridized carbons (Fsp3) is 0.562. The third-order valence-electron chi connectivity index (χ3n) is 16.8. The summed E-state index contributed by atoms with van der Waals surface area (Å²) in [7, 11) is 1.33. The number of aliphatic carboxylic acids is 1. The van der Waals surface area contributed by atoms with Crippen LogP contribution in [0.4, 0.5) is 0 Å². The van der Waals surface area contributed by atoms with Gasteiger partial charge in [-0.2, -0.15) is 0 Å². The summed E-state index contributed by atoms with van der Waals surface area (Å²) in [5.74, 6) is -8.86. The van der Waals surface area contributed by atoms with Gasteiger partial charge in [0.05, 0.1) is 13.2 Å². The van der Waals surface area contributed by atoms with Crippen LogP contribution in [-0.4, -0.2) is 203 Å². The molecule has 10 amide bonds. The number of aliphatic hydroxyl groups is 1. The van der Waals surface area contributed by atoms with Crippen molar-refractivity contribution in [2.45, 2.75) is 171 Å². The molecule has 10 atom stereocenters. The number of nitrogens with one attached hydrogen (secondary N) is 7. The summed E-state index contributed by atoms with van der Waals surface area (Å²) >= 11 is 0. The first kappa shape index (κ1) is 74.0. The minimum atomic E-state index is -1.67. The smallest absolute Gasteiger partial charge is 0.326 e. The highest BCUT2D eigenvalue weighted by Crippen LogP contribution is 2.27. The molecule has 0 spiro atoms. The number of carbonyl (C=O) groups excluding carboxylic acids is 10. The van der Waals surface area contributed by atoms with Crippen molar-refractivity contribution in [3.05, 3.63) is 83.9 Å². The Kier molecular flexibility index (Phi) is 30.2. The van der Waals surface area contributed by atoms with Crippen LogP contribution >= 0.6 is 0 Å². The molecule has 0 aliphatic carbocycles. The number of carboxylic acids is 1. The van der Waals surface area contributed by atoms with E-state index in [-0.39, 0.29) is 77.0 Å². The van der Waals surface area contributed by atoms with Crippen molar-refractivity contribution in [3.63, 3.8) is 0 Å². The number of unbranched alkanes of at least 4 members (excludes halogenated alkanes) is 2. The number of carboxylic acid groups (broad SMARTS) is 1. The van der Waals surface area contributed by atoms with Gasteiger partial charge in [0, 0.05) is 46.4 Å². The minimum absolute atomic E-state index is 0.0305. The van der Waals surface area contributed by atoms with Crippen LogP contribution in [0.3, 0.4) is 0 Å². The van der Waals surface area contributed by atoms with Crippen molar-refractivity contribution in [3.8, 4) is 0 Å². The second kappa shape index (κ2) is 37.5. The van der Waals surface area contributed by atoms with Crippen molar-refractivity contribution in [2.75, 3.05) is 52.9 Å². The molecular weight excluding hydrogens is 1190 g/mol. The zero-order valence-corrected chi connectivity index (χ0v) is 53.2. The molecule has 17 N–H and O–H groups in total. The first-order valence-corrected chi connectivity index (χ1v) is 31.8. The van der Waals surface area contributed by atoms with E-state index in [4.69, 9.17) is 22.9 Å². The molecule has 92 heavy (non-hydrogen) atoms. The van der Waals surface area contributed by atoms with Crippen molar-refractivity contribution in [1.29, 1.82) is 0 Å². The average Bonchev–Trinajstić information content (AvgIpc) is 1.67. The molecule has 2 aliphatic heterocycles. The maximum Gasteiger partial charge on any atom is 0.326 e. The van der Waals surface area contributed by atoms with Gasteiger partial charge in [0.15, 0.2) is 5.96 Å². The summed E-state index contributed by atoms with van der Waals surface area (Å²) in [4.78, 5) is 160. The summed E-state index contributed by atoms with van der Waals surface area (Å²) in [6.45, 7) is 4.21. The van der Waals surface area contributed by atoms with E-state index in [0.29, 0.717) is 69.2 Å². The van der Waals surface area contributed by atoms with Gasteiger partial charge in [0.25, 0.3) is 0 Å². The van der Waals surface area contributed by atoms with Crippen LogP contribution in [0.25, 0.3) is 10.8 Å². The van der Waals surface area contributed by atoms with Gasteiger partial charge in [-0.25, -0.2) is 4.79 Å². The van der Waals surface area contributed by atoms with Gasteiger partial charge in [0.1, 0.15) is 54.4 Å². The van der Waals surface area contributed by atoms with Gasteiger partial charge < -0.3 is 85.1 Å². The SMILES string of the molecule is CC[C@H](C)[C@H](NC(=O)[C@@H](Cc1ccc2ccccc2c1)NC(=O)[C@H](CO)NC(=O)[C@H](Cc1ccccc1)N(C)C(=O)CNC(=O)[C@@H]1CCCN1C(=O)[C@@H]1CCCN1C(=O)[C@H](CCCN=C(N)N)NC(=O)[C@H](CCCCN)NC(=O)[C@H](CCCCN)NC(C)=O)C(=O)O. The molecule has 0 unspecified atom stereocenters. The Morgan fingerprint density at radius 2 is 1.18 bits per heavy atom. The monoisotopic (exact) mass is 1280 g/mol. The van der Waals surface area contributed by atoms with E-state index in [0.717, 1.165) is 15.7 Å². The van der Waals surface area contributed by atoms with E-state index in [9.17, 15) is 63.0 Å². The van der Waals surface area contributed by atoms with Crippen molar-refractivity contribution in [2.24, 2.45) is 33.8 Å². The molecule has 28 nitrogen and oxygen atoms in total. The number of aliphatic imine (C=N–C) groups is 1. The molecule has 2 saturated heterocycles. The van der Waals surface area contributed by atoms with Crippen LogP contribution in [0.2, 0.25) is 0 Å². The normalized spacial score (nSPS) is 17.1. The topological polar surface area (TPSA) is 439 Å². The highest BCUT2D eigenvalue weighted by atomic mass is 16.4. The molecule has 2 heterocycles. The number of amides is 10. The number of guanidine groups is 1. The Hall–Kier alpha value is -8.76. The fourth-order valence-corrected chi connectivity index (χ4v) is 11.4. The number of likely N-dealkylation sites (N-methyl/N-ethyl adjacent to an activating group) is 1. The van der Waals surface area contributed by atoms with Gasteiger partial charge in [-0.1, -0.05) is 93.1 Å². The lowest BCUT2D eigenvalue weighted by atomic mass is 9.97. The van der Waals surface area contributed by atoms with Gasteiger partial charge in [0.2, 0.25) is 59.1 Å². The molecule has 504 valence electrons. The maximum atomic E-state index is 14.7. The molecule has 0 bridgehead atoms. The number of hydrogen-bond acceptors (Lipinski definition) is 15. The number of rotatable bonds is 37. The summed E-state index contributed by atoms with van der Waals surface area (Å²) in [5.41, 5.74) is 23.8. The summed E-state index contributed by atoms with van der Waals surface area (Å²) in [5, 5.41) is 41.0. The Morgan fingerprint density at radius 1 is 0.630 bits per heavy atom. The van der Waals surface area contributed by atoms with E-state index < -0.39 is 138 Å². The predicted octanol–water partition coefficient (Wildman–Crippen LogP) is -1.09. The van der Waals surface area contributed by atoms with Crippen LogP contribution in [0.5, 0.6) is 0 Å². The van der Waals surface area contributed by atoms with Crippen LogP contribution in [0, 0.1) is 5.92 Å². The zero-order valence-electron chi connectivity index (χ0n) is 53.2. The molecule has 2 fully saturated rings. The van der Waals surface area contributed by atoms with E-state index in [2.05, 4.69) is 42.2 Å². The maximum absolute atomic E-state index is 14.7. The first-order chi connectivity index (χ1) is 44.0. The Balaban J connectivity index is 1.29. The standard InChI is InChI=1S/C64H95N15O13/c1-5-39(2)54(63(91)92)76-57(85)48(35-42-27-28-43-20-9-10-21-44(43)34-42)74-58(86)49(38-80)75-60(88)52(36-41-18-7-6-8-19-41)77(4)53(82)37-70-59(87)50-25-16-32-78(50)62(90)51-26-17-33-79(51)61(89)47(24-15-31-69-64(67)68)73-56(84)46(23-12-14-30-66)72-55(83)45(71-40(3)81)22-11-13-29-65/h6-10,18-21,27-28,34,39,45-52,54,80H,5,11-17,22-26,29-33,35-38,65-66H2,1-4H3,(H,70,87)(H,71,81)(H,72,83)(H,73,84)(H,74,86)(H,75,88)(H,76,85)(H,91,92)(H4,67,68,69)/t39-,45-,46-,47-,48+,49-,50-,51-,52-,54-/m0/s1. The van der Waals surface area contributed by atoms with Crippen molar-refractivity contribution < 1.29 is 63.0 Å². The van der Waals surface area contributed by atoms with Crippen molar-refractivity contribution in [1.82, 2.24) is 51.9 Å². The minimum Gasteiger partial charge on any atom is -0.480 e. The fourth-order valence-electron chi connectivity index (χ4n) is 11.4. The second-order valence-corrected chi connectivity index (χ2v) is 23.6. The summed E-state index contributed by atoms with van der Waals surface area (Å²) in [6.07, 6.45) is 4.26. The van der Waals surface area contributed by atoms with Gasteiger partial charge >= 0.3 is 5.97 Å². The summed E-state index contributed by atoms with van der Waals surface area (Å²) in [6, 6.07) is 10.5. The molecule has 0 aromatic heterocycles. The van der Waals surface area contributed by atoms with Gasteiger partial charge in [-0.15, -0.1) is 0 Å². The highest BCUT2D eigenvalue weighted by molar-refractivity contribution is 5.99. The molecule has 0 saturated carbocycles. The van der Waals surface area contributed by atoms with Crippen LogP contribution in [0.1, 0.15) is 115 Å².